The van der Waals surface area contributed by atoms with Crippen LogP contribution in [0.3, 0.4) is 0 Å². The van der Waals surface area contributed by atoms with Gasteiger partial charge in [-0.15, -0.1) is 0 Å². The van der Waals surface area contributed by atoms with Crippen LogP contribution in [0.1, 0.15) is 18.4 Å². The van der Waals surface area contributed by atoms with E-state index in [-0.39, 0.29) is 10.6 Å². The Hall–Kier alpha value is -3.04. The van der Waals surface area contributed by atoms with Crippen molar-refractivity contribution in [3.63, 3.8) is 0 Å². The summed E-state index contributed by atoms with van der Waals surface area (Å²) in [6, 6.07) is 12.1. The molecule has 1 aliphatic heterocycles. The Morgan fingerprint density at radius 3 is 2.54 bits per heavy atom. The summed E-state index contributed by atoms with van der Waals surface area (Å²) in [6.45, 7) is 0.995. The summed E-state index contributed by atoms with van der Waals surface area (Å²) >= 11 is 0. The van der Waals surface area contributed by atoms with E-state index in [1.54, 1.807) is 24.3 Å². The van der Waals surface area contributed by atoms with Crippen molar-refractivity contribution in [2.75, 3.05) is 18.4 Å². The molecule has 8 nitrogen and oxygen atoms in total. The van der Waals surface area contributed by atoms with Crippen LogP contribution in [-0.2, 0) is 14.8 Å². The van der Waals surface area contributed by atoms with E-state index < -0.39 is 20.9 Å². The van der Waals surface area contributed by atoms with Crippen molar-refractivity contribution < 1.29 is 18.1 Å². The lowest BCUT2D eigenvalue weighted by atomic mass is 10.1. The molecule has 1 saturated heterocycles. The van der Waals surface area contributed by atoms with Crippen LogP contribution < -0.4 is 5.32 Å². The number of hydrogen-bond acceptors (Lipinski definition) is 5. The minimum absolute atomic E-state index is 0.106. The lowest BCUT2D eigenvalue weighted by Gasteiger charge is -2.16. The standard InChI is InChI=1S/C19H19N3O5S/c23-19(11-10-15-6-1-2-9-18(15)22(24)25)20-16-7-5-8-17(14-16)28(26,27)21-12-3-4-13-21/h1-2,5-11,14H,3-4,12-13H2,(H,20,23)/b11-10+. The molecular formula is C19H19N3O5S. The van der Waals surface area contributed by atoms with Crippen LogP contribution in [0.25, 0.3) is 6.08 Å². The second-order valence-corrected chi connectivity index (χ2v) is 8.22. The highest BCUT2D eigenvalue weighted by molar-refractivity contribution is 7.89. The van der Waals surface area contributed by atoms with Crippen molar-refractivity contribution in [3.05, 3.63) is 70.3 Å². The molecule has 146 valence electrons. The molecule has 0 unspecified atom stereocenters. The number of amides is 1. The molecule has 2 aromatic rings. The summed E-state index contributed by atoms with van der Waals surface area (Å²) < 4.78 is 26.7. The van der Waals surface area contributed by atoms with Gasteiger partial charge in [-0.05, 0) is 43.2 Å². The van der Waals surface area contributed by atoms with Gasteiger partial charge in [0.2, 0.25) is 15.9 Å². The Morgan fingerprint density at radius 1 is 1.11 bits per heavy atom. The van der Waals surface area contributed by atoms with E-state index in [0.29, 0.717) is 24.3 Å². The zero-order valence-corrected chi connectivity index (χ0v) is 15.8. The number of hydrogen-bond donors (Lipinski definition) is 1. The van der Waals surface area contributed by atoms with Crippen molar-refractivity contribution in [2.45, 2.75) is 17.7 Å². The van der Waals surface area contributed by atoms with Crippen molar-refractivity contribution in [1.29, 1.82) is 0 Å². The van der Waals surface area contributed by atoms with Crippen LogP contribution in [0.2, 0.25) is 0 Å². The van der Waals surface area contributed by atoms with Crippen molar-refractivity contribution >= 4 is 33.4 Å². The Labute approximate surface area is 162 Å². The van der Waals surface area contributed by atoms with Crippen LogP contribution in [0.15, 0.2) is 59.5 Å². The molecule has 0 atom stereocenters. The highest BCUT2D eigenvalue weighted by atomic mass is 32.2. The molecule has 0 aliphatic carbocycles. The van der Waals surface area contributed by atoms with Gasteiger partial charge in [-0.2, -0.15) is 4.31 Å². The molecule has 0 spiro atoms. The molecule has 2 aromatic carbocycles. The third-order valence-corrected chi connectivity index (χ3v) is 6.25. The minimum Gasteiger partial charge on any atom is -0.322 e. The van der Waals surface area contributed by atoms with Gasteiger partial charge in [0, 0.05) is 30.9 Å². The lowest BCUT2D eigenvalue weighted by Crippen LogP contribution is -2.27. The average molecular weight is 401 g/mol. The molecule has 1 heterocycles. The fourth-order valence-electron chi connectivity index (χ4n) is 2.96. The highest BCUT2D eigenvalue weighted by Gasteiger charge is 2.27. The molecule has 28 heavy (non-hydrogen) atoms. The maximum atomic E-state index is 12.6. The van der Waals surface area contributed by atoms with Gasteiger partial charge in [0.25, 0.3) is 5.69 Å². The predicted octanol–water partition coefficient (Wildman–Crippen LogP) is 3.03. The third-order valence-electron chi connectivity index (χ3n) is 4.35. The largest absolute Gasteiger partial charge is 0.322 e. The zero-order chi connectivity index (χ0) is 20.1. The van der Waals surface area contributed by atoms with Gasteiger partial charge in [0.1, 0.15) is 0 Å². The van der Waals surface area contributed by atoms with Crippen LogP contribution in [-0.4, -0.2) is 36.6 Å². The fourth-order valence-corrected chi connectivity index (χ4v) is 4.52. The van der Waals surface area contributed by atoms with Crippen LogP contribution in [0, 0.1) is 10.1 Å². The first-order valence-corrected chi connectivity index (χ1v) is 10.1. The maximum Gasteiger partial charge on any atom is 0.276 e. The number of nitro groups is 1. The molecular weight excluding hydrogens is 382 g/mol. The summed E-state index contributed by atoms with van der Waals surface area (Å²) in [6.07, 6.45) is 4.19. The number of nitro benzene ring substituents is 1. The monoisotopic (exact) mass is 401 g/mol. The number of nitrogens with zero attached hydrogens (tertiary/aromatic N) is 2. The summed E-state index contributed by atoms with van der Waals surface area (Å²) in [5, 5.41) is 13.6. The van der Waals surface area contributed by atoms with Crippen LogP contribution >= 0.6 is 0 Å². The van der Waals surface area contributed by atoms with Gasteiger partial charge in [-0.1, -0.05) is 18.2 Å². The number of carbonyl (C=O) groups excluding carboxylic acids is 1. The smallest absolute Gasteiger partial charge is 0.276 e. The third kappa shape index (κ3) is 4.44. The van der Waals surface area contributed by atoms with E-state index in [0.717, 1.165) is 12.8 Å². The molecule has 9 heteroatoms. The number of para-hydroxylation sites is 1. The van der Waals surface area contributed by atoms with E-state index in [1.807, 2.05) is 0 Å². The van der Waals surface area contributed by atoms with Gasteiger partial charge in [0.05, 0.1) is 15.4 Å². The van der Waals surface area contributed by atoms with E-state index in [1.165, 1.54) is 40.7 Å². The first-order valence-electron chi connectivity index (χ1n) is 8.70. The summed E-state index contributed by atoms with van der Waals surface area (Å²) in [5.41, 5.74) is 0.524. The summed E-state index contributed by atoms with van der Waals surface area (Å²) in [5.74, 6) is -0.520. The Balaban J connectivity index is 1.74. The molecule has 1 amide bonds. The maximum absolute atomic E-state index is 12.6. The number of nitrogens with one attached hydrogen (secondary N) is 1. The van der Waals surface area contributed by atoms with E-state index >= 15 is 0 Å². The first-order chi connectivity index (χ1) is 13.4. The molecule has 1 N–H and O–H groups in total. The van der Waals surface area contributed by atoms with Crippen molar-refractivity contribution in [1.82, 2.24) is 4.31 Å². The van der Waals surface area contributed by atoms with Gasteiger partial charge < -0.3 is 5.32 Å². The van der Waals surface area contributed by atoms with E-state index in [2.05, 4.69) is 5.32 Å². The van der Waals surface area contributed by atoms with E-state index in [4.69, 9.17) is 0 Å². The van der Waals surface area contributed by atoms with Gasteiger partial charge in [-0.25, -0.2) is 8.42 Å². The SMILES string of the molecule is O=C(/C=C/c1ccccc1[N+](=O)[O-])Nc1cccc(S(=O)(=O)N2CCCC2)c1. The second kappa shape index (κ2) is 8.32. The topological polar surface area (TPSA) is 110 Å². The predicted molar refractivity (Wildman–Crippen MR) is 105 cm³/mol. The van der Waals surface area contributed by atoms with Gasteiger partial charge in [0.15, 0.2) is 0 Å². The Morgan fingerprint density at radius 2 is 1.82 bits per heavy atom. The van der Waals surface area contributed by atoms with Crippen molar-refractivity contribution in [2.24, 2.45) is 0 Å². The average Bonchev–Trinajstić information content (AvgIpc) is 3.22. The molecule has 0 aromatic heterocycles. The van der Waals surface area contributed by atoms with Gasteiger partial charge in [-0.3, -0.25) is 14.9 Å². The highest BCUT2D eigenvalue weighted by Crippen LogP contribution is 2.23. The summed E-state index contributed by atoms with van der Waals surface area (Å²) in [4.78, 5) is 22.8. The number of anilines is 1. The Bertz CT molecular complexity index is 1030. The minimum atomic E-state index is -3.58. The molecule has 0 radical (unpaired) electrons. The lowest BCUT2D eigenvalue weighted by molar-refractivity contribution is -0.385. The normalized spacial score (nSPS) is 15.0. The molecule has 1 fully saturated rings. The fraction of sp³-hybridized carbons (Fsp3) is 0.211. The molecule has 3 rings (SSSR count). The van der Waals surface area contributed by atoms with Crippen molar-refractivity contribution in [3.8, 4) is 0 Å². The van der Waals surface area contributed by atoms with Crippen LogP contribution in [0.5, 0.6) is 0 Å². The number of rotatable bonds is 6. The summed E-state index contributed by atoms with van der Waals surface area (Å²) in [7, 11) is -3.58. The number of carbonyl (C=O) groups is 1. The molecule has 0 saturated carbocycles. The number of sulfonamides is 1. The number of benzene rings is 2. The molecule has 1 aliphatic rings. The zero-order valence-electron chi connectivity index (χ0n) is 14.9. The molecule has 0 bridgehead atoms. The van der Waals surface area contributed by atoms with Crippen LogP contribution in [0.4, 0.5) is 11.4 Å². The van der Waals surface area contributed by atoms with Gasteiger partial charge >= 0.3 is 0 Å². The second-order valence-electron chi connectivity index (χ2n) is 6.28. The van der Waals surface area contributed by atoms with E-state index in [9.17, 15) is 23.3 Å². The quantitative estimate of drug-likeness (QED) is 0.454. The Kier molecular flexibility index (Phi) is 5.86. The first kappa shape index (κ1) is 19.7.